The van der Waals surface area contributed by atoms with E-state index >= 15 is 0 Å². The summed E-state index contributed by atoms with van der Waals surface area (Å²) < 4.78 is 7.95. The molecule has 0 N–H and O–H groups in total. The molecule has 7 heteroatoms. The molecule has 0 amide bonds. The molecule has 2 unspecified atom stereocenters. The van der Waals surface area contributed by atoms with Crippen molar-refractivity contribution in [3.63, 3.8) is 0 Å². The normalized spacial score (nSPS) is 25.1. The number of halogens is 1. The molecule has 0 aromatic carbocycles. The van der Waals surface area contributed by atoms with Gasteiger partial charge in [0.05, 0.1) is 5.39 Å². The Morgan fingerprint density at radius 2 is 2.15 bits per heavy atom. The van der Waals surface area contributed by atoms with Crippen LogP contribution in [-0.2, 0) is 11.5 Å². The Labute approximate surface area is 161 Å². The van der Waals surface area contributed by atoms with E-state index in [-0.39, 0.29) is 0 Å². The molecular formula is C19H29ClN4OSi. The number of hydrogen-bond acceptors (Lipinski definition) is 4. The molecule has 1 saturated carbocycles. The molecule has 2 aromatic heterocycles. The molecule has 2 atom stereocenters. The molecule has 0 radical (unpaired) electrons. The molecule has 2 fully saturated rings. The van der Waals surface area contributed by atoms with Gasteiger partial charge in [0.15, 0.2) is 0 Å². The zero-order valence-electron chi connectivity index (χ0n) is 16.3. The van der Waals surface area contributed by atoms with Crippen molar-refractivity contribution in [1.82, 2.24) is 14.5 Å². The van der Waals surface area contributed by atoms with E-state index < -0.39 is 8.07 Å². The largest absolute Gasteiger partial charge is 0.361 e. The van der Waals surface area contributed by atoms with E-state index in [1.54, 1.807) is 0 Å². The van der Waals surface area contributed by atoms with Crippen molar-refractivity contribution in [2.45, 2.75) is 52.2 Å². The third-order valence-electron chi connectivity index (χ3n) is 6.11. The van der Waals surface area contributed by atoms with E-state index in [1.165, 1.54) is 18.9 Å². The lowest BCUT2D eigenvalue weighted by Gasteiger charge is -2.22. The van der Waals surface area contributed by atoms with Gasteiger partial charge < -0.3 is 14.2 Å². The van der Waals surface area contributed by atoms with Crippen LogP contribution in [-0.4, -0.2) is 42.3 Å². The minimum absolute atomic E-state index is 0.320. The van der Waals surface area contributed by atoms with Gasteiger partial charge in [0.25, 0.3) is 0 Å². The van der Waals surface area contributed by atoms with Crippen LogP contribution in [0.5, 0.6) is 0 Å². The van der Waals surface area contributed by atoms with E-state index in [0.29, 0.717) is 17.4 Å². The molecule has 142 valence electrons. The molecule has 1 aliphatic carbocycles. The van der Waals surface area contributed by atoms with E-state index in [4.69, 9.17) is 16.3 Å². The first kappa shape index (κ1) is 18.3. The molecule has 1 saturated heterocycles. The Morgan fingerprint density at radius 3 is 2.85 bits per heavy atom. The van der Waals surface area contributed by atoms with Gasteiger partial charge in [0, 0.05) is 34.0 Å². The number of hydrogen-bond donors (Lipinski definition) is 0. The number of rotatable bonds is 7. The molecule has 26 heavy (non-hydrogen) atoms. The predicted octanol–water partition coefficient (Wildman–Crippen LogP) is 4.63. The zero-order valence-corrected chi connectivity index (χ0v) is 18.0. The third kappa shape index (κ3) is 3.39. The minimum Gasteiger partial charge on any atom is -0.361 e. The number of aromatic nitrogens is 3. The first-order valence-electron chi connectivity index (χ1n) is 9.66. The van der Waals surface area contributed by atoms with E-state index in [1.807, 2.05) is 10.8 Å². The van der Waals surface area contributed by atoms with Crippen molar-refractivity contribution in [3.05, 3.63) is 17.5 Å². The summed E-state index contributed by atoms with van der Waals surface area (Å²) in [5, 5.41) is 1.40. The van der Waals surface area contributed by atoms with Gasteiger partial charge in [-0.25, -0.2) is 0 Å². The molecule has 2 aromatic rings. The maximum absolute atomic E-state index is 6.27. The van der Waals surface area contributed by atoms with Crippen LogP contribution in [0.2, 0.25) is 31.0 Å². The highest BCUT2D eigenvalue weighted by molar-refractivity contribution is 6.76. The van der Waals surface area contributed by atoms with Crippen molar-refractivity contribution in [2.75, 3.05) is 24.6 Å². The average molecular weight is 393 g/mol. The van der Waals surface area contributed by atoms with E-state index in [2.05, 4.69) is 47.5 Å². The summed E-state index contributed by atoms with van der Waals surface area (Å²) in [6.45, 7) is 12.9. The highest BCUT2D eigenvalue weighted by Gasteiger charge is 2.58. The summed E-state index contributed by atoms with van der Waals surface area (Å²) in [6.07, 6.45) is 4.66. The Kier molecular flexibility index (Phi) is 4.56. The van der Waals surface area contributed by atoms with Crippen molar-refractivity contribution in [3.8, 4) is 0 Å². The van der Waals surface area contributed by atoms with E-state index in [9.17, 15) is 0 Å². The molecule has 3 heterocycles. The van der Waals surface area contributed by atoms with Crippen LogP contribution in [0.25, 0.3) is 11.0 Å². The smallest absolute Gasteiger partial charge is 0.226 e. The predicted molar refractivity (Wildman–Crippen MR) is 110 cm³/mol. The Bertz CT molecular complexity index is 814. The monoisotopic (exact) mass is 392 g/mol. The second kappa shape index (κ2) is 6.50. The quantitative estimate of drug-likeness (QED) is 0.391. The van der Waals surface area contributed by atoms with Gasteiger partial charge in [-0.2, -0.15) is 9.97 Å². The van der Waals surface area contributed by atoms with Crippen molar-refractivity contribution < 1.29 is 4.74 Å². The van der Waals surface area contributed by atoms with Gasteiger partial charge in [-0.1, -0.05) is 26.6 Å². The fourth-order valence-electron chi connectivity index (χ4n) is 4.21. The molecule has 4 rings (SSSR count). The lowest BCUT2D eigenvalue weighted by molar-refractivity contribution is 0.0899. The van der Waals surface area contributed by atoms with Gasteiger partial charge >= 0.3 is 0 Å². The van der Waals surface area contributed by atoms with E-state index in [0.717, 1.165) is 42.5 Å². The van der Waals surface area contributed by atoms with Gasteiger partial charge in [0.2, 0.25) is 5.28 Å². The fourth-order valence-corrected chi connectivity index (χ4v) is 5.13. The SMILES string of the molecule is CCC12CC1CN(c1nc(Cl)nc3c1ccn3COCC[Si](C)(C)C)C2. The Balaban J connectivity index is 1.52. The summed E-state index contributed by atoms with van der Waals surface area (Å²) in [6, 6.07) is 3.27. The van der Waals surface area contributed by atoms with Crippen LogP contribution < -0.4 is 4.90 Å². The van der Waals surface area contributed by atoms with Crippen LogP contribution in [0, 0.1) is 11.3 Å². The van der Waals surface area contributed by atoms with Crippen LogP contribution in [0.3, 0.4) is 0 Å². The topological polar surface area (TPSA) is 43.2 Å². The molecule has 0 bridgehead atoms. The average Bonchev–Trinajstić information content (AvgIpc) is 2.93. The van der Waals surface area contributed by atoms with Crippen LogP contribution in [0.1, 0.15) is 19.8 Å². The van der Waals surface area contributed by atoms with Crippen LogP contribution in [0.4, 0.5) is 5.82 Å². The van der Waals surface area contributed by atoms with Crippen LogP contribution in [0.15, 0.2) is 12.3 Å². The van der Waals surface area contributed by atoms with Crippen molar-refractivity contribution in [1.29, 1.82) is 0 Å². The lowest BCUT2D eigenvalue weighted by atomic mass is 10.0. The summed E-state index contributed by atoms with van der Waals surface area (Å²) in [5.41, 5.74) is 1.39. The Hall–Kier alpha value is -1.11. The van der Waals surface area contributed by atoms with Gasteiger partial charge in [-0.15, -0.1) is 0 Å². The first-order chi connectivity index (χ1) is 12.3. The molecular weight excluding hydrogens is 364 g/mol. The molecule has 5 nitrogen and oxygen atoms in total. The molecule has 2 aliphatic rings. The number of fused-ring (bicyclic) bond motifs is 2. The van der Waals surface area contributed by atoms with Gasteiger partial charge in [-0.05, 0) is 47.9 Å². The number of nitrogens with zero attached hydrogens (tertiary/aromatic N) is 4. The lowest BCUT2D eigenvalue weighted by Crippen LogP contribution is -2.25. The highest BCUT2D eigenvalue weighted by atomic mass is 35.5. The summed E-state index contributed by atoms with van der Waals surface area (Å²) >= 11 is 6.27. The third-order valence-corrected chi connectivity index (χ3v) is 7.98. The first-order valence-corrected chi connectivity index (χ1v) is 13.7. The standard InChI is InChI=1S/C19H29ClN4OSi/c1-5-19-10-14(19)11-24(12-19)17-15-6-7-23(16(15)21-18(20)22-17)13-25-8-9-26(2,3)4/h6-7,14H,5,8-13H2,1-4H3. The number of ether oxygens (including phenoxy) is 1. The summed E-state index contributed by atoms with van der Waals surface area (Å²) in [7, 11) is -1.07. The van der Waals surface area contributed by atoms with Gasteiger partial charge in [0.1, 0.15) is 18.2 Å². The Morgan fingerprint density at radius 1 is 1.35 bits per heavy atom. The van der Waals surface area contributed by atoms with Crippen molar-refractivity contribution >= 4 is 36.5 Å². The maximum Gasteiger partial charge on any atom is 0.226 e. The number of anilines is 1. The molecule has 1 aliphatic heterocycles. The second-order valence-electron chi connectivity index (χ2n) is 9.18. The van der Waals surface area contributed by atoms with Gasteiger partial charge in [-0.3, -0.25) is 0 Å². The highest BCUT2D eigenvalue weighted by Crippen LogP contribution is 2.60. The zero-order chi connectivity index (χ0) is 18.5. The summed E-state index contributed by atoms with van der Waals surface area (Å²) in [4.78, 5) is 11.5. The maximum atomic E-state index is 6.27. The second-order valence-corrected chi connectivity index (χ2v) is 15.1. The minimum atomic E-state index is -1.07. The summed E-state index contributed by atoms with van der Waals surface area (Å²) in [5.74, 6) is 1.81. The van der Waals surface area contributed by atoms with Crippen molar-refractivity contribution in [2.24, 2.45) is 11.3 Å². The number of piperidine rings is 1. The fraction of sp³-hybridized carbons (Fsp3) is 0.684. The van der Waals surface area contributed by atoms with Crippen LogP contribution >= 0.6 is 11.6 Å². The molecule has 0 spiro atoms.